The van der Waals surface area contributed by atoms with E-state index in [-0.39, 0.29) is 5.75 Å². The van der Waals surface area contributed by atoms with Crippen LogP contribution in [0.25, 0.3) is 0 Å². The van der Waals surface area contributed by atoms with Gasteiger partial charge < -0.3 is 15.9 Å². The van der Waals surface area contributed by atoms with Gasteiger partial charge in [0.15, 0.2) is 0 Å². The Hall–Kier alpha value is -1.24. The van der Waals surface area contributed by atoms with Crippen LogP contribution in [-0.2, 0) is 14.4 Å². The van der Waals surface area contributed by atoms with E-state index >= 15 is 0 Å². The zero-order chi connectivity index (χ0) is 10.6. The van der Waals surface area contributed by atoms with Gasteiger partial charge >= 0.3 is 11.9 Å². The number of amides is 1. The molecule has 4 N–H and O–H groups in total. The number of hydrogen-bond acceptors (Lipinski definition) is 4. The number of rotatable bonds is 5. The Kier molecular flexibility index (Phi) is 3.73. The van der Waals surface area contributed by atoms with E-state index in [0.717, 1.165) is 6.92 Å². The largest absolute Gasteiger partial charge is 0.480 e. The molecule has 0 fully saturated rings. The smallest absolute Gasteiger partial charge is 0.331 e. The third kappa shape index (κ3) is 2.94. The number of hydrogen-bond donors (Lipinski definition) is 3. The van der Waals surface area contributed by atoms with Crippen LogP contribution in [0.2, 0.25) is 0 Å². The number of carbonyl (C=O) groups excluding carboxylic acids is 1. The Morgan fingerprint density at radius 3 is 1.92 bits per heavy atom. The predicted octanol–water partition coefficient (Wildman–Crippen LogP) is -0.867. The quantitative estimate of drug-likeness (QED) is 0.504. The van der Waals surface area contributed by atoms with Gasteiger partial charge in [-0.05, 0) is 6.92 Å². The van der Waals surface area contributed by atoms with Crippen molar-refractivity contribution in [1.82, 2.24) is 0 Å². The molecule has 0 aromatic heterocycles. The lowest BCUT2D eigenvalue weighted by Crippen LogP contribution is -2.41. The van der Waals surface area contributed by atoms with E-state index < -0.39 is 22.6 Å². The van der Waals surface area contributed by atoms with Gasteiger partial charge in [-0.2, -0.15) is 0 Å². The molecule has 13 heavy (non-hydrogen) atoms. The molecule has 0 aliphatic heterocycles. The first-order chi connectivity index (χ1) is 5.80. The molecule has 1 amide bonds. The lowest BCUT2D eigenvalue weighted by molar-refractivity contribution is -0.150. The maximum atomic E-state index is 10.5. The zero-order valence-corrected chi connectivity index (χ0v) is 7.63. The van der Waals surface area contributed by atoms with Gasteiger partial charge in [-0.25, -0.2) is 0 Å². The number of nitrogens with two attached hydrogens (primary N) is 1. The number of carboxylic acid groups (broad SMARTS) is 2. The molecular weight excluding hydrogens is 198 g/mol. The maximum absolute atomic E-state index is 10.5. The summed E-state index contributed by atoms with van der Waals surface area (Å²) >= 11 is 0.475. The minimum atomic E-state index is -2.02. The lowest BCUT2D eigenvalue weighted by atomic mass is 10.2. The van der Waals surface area contributed by atoms with Crippen molar-refractivity contribution in [2.45, 2.75) is 11.7 Å². The van der Waals surface area contributed by atoms with Crippen molar-refractivity contribution in [2.75, 3.05) is 5.75 Å². The maximum Gasteiger partial charge on any atom is 0.331 e. The fourth-order valence-corrected chi connectivity index (χ4v) is 1.11. The van der Waals surface area contributed by atoms with Crippen LogP contribution in [0.15, 0.2) is 0 Å². The van der Waals surface area contributed by atoms with Crippen molar-refractivity contribution < 1.29 is 24.6 Å². The third-order valence-corrected chi connectivity index (χ3v) is 2.67. The molecule has 0 radical (unpaired) electrons. The molecule has 0 atom stereocenters. The summed E-state index contributed by atoms with van der Waals surface area (Å²) in [6.07, 6.45) is 0. The molecule has 0 aromatic rings. The first-order valence-corrected chi connectivity index (χ1v) is 4.18. The number of thioether (sulfide) groups is 1. The average Bonchev–Trinajstić information content (AvgIpc) is 1.99. The normalized spacial score (nSPS) is 10.8. The summed E-state index contributed by atoms with van der Waals surface area (Å²) in [4.78, 5) is 31.3. The van der Waals surface area contributed by atoms with Gasteiger partial charge in [0.2, 0.25) is 10.7 Å². The second kappa shape index (κ2) is 4.13. The summed E-state index contributed by atoms with van der Waals surface area (Å²) < 4.78 is -2.02. The van der Waals surface area contributed by atoms with Crippen LogP contribution in [0, 0.1) is 0 Å². The van der Waals surface area contributed by atoms with Crippen LogP contribution in [0.5, 0.6) is 0 Å². The first kappa shape index (κ1) is 11.8. The van der Waals surface area contributed by atoms with Crippen LogP contribution in [0.1, 0.15) is 6.92 Å². The molecule has 0 aliphatic carbocycles. The van der Waals surface area contributed by atoms with Crippen molar-refractivity contribution in [1.29, 1.82) is 0 Å². The van der Waals surface area contributed by atoms with Gasteiger partial charge in [-0.15, -0.1) is 11.8 Å². The highest BCUT2D eigenvalue weighted by atomic mass is 32.2. The van der Waals surface area contributed by atoms with Crippen molar-refractivity contribution in [3.8, 4) is 0 Å². The van der Waals surface area contributed by atoms with Crippen molar-refractivity contribution in [3.63, 3.8) is 0 Å². The SMILES string of the molecule is CC(SCC(N)=O)(C(=O)O)C(=O)O. The Labute approximate surface area is 78.1 Å². The molecule has 7 heteroatoms. The first-order valence-electron chi connectivity index (χ1n) is 3.19. The van der Waals surface area contributed by atoms with Gasteiger partial charge in [-0.3, -0.25) is 14.4 Å². The van der Waals surface area contributed by atoms with E-state index in [1.807, 2.05) is 0 Å². The fourth-order valence-electron chi connectivity index (χ4n) is 0.430. The summed E-state index contributed by atoms with van der Waals surface area (Å²) in [6, 6.07) is 0. The molecule has 6 nitrogen and oxygen atoms in total. The number of primary amides is 1. The topological polar surface area (TPSA) is 118 Å². The number of carboxylic acids is 2. The van der Waals surface area contributed by atoms with Gasteiger partial charge in [-0.1, -0.05) is 0 Å². The highest BCUT2D eigenvalue weighted by Crippen LogP contribution is 2.25. The van der Waals surface area contributed by atoms with E-state index in [2.05, 4.69) is 0 Å². The lowest BCUT2D eigenvalue weighted by Gasteiger charge is -2.17. The standard InChI is InChI=1S/C6H9NO5S/c1-6(4(9)10,5(11)12)13-2-3(7)8/h2H2,1H3,(H2,7,8)(H,9,10)(H,11,12). The monoisotopic (exact) mass is 207 g/mol. The highest BCUT2D eigenvalue weighted by Gasteiger charge is 2.42. The van der Waals surface area contributed by atoms with Crippen LogP contribution < -0.4 is 5.73 Å². The highest BCUT2D eigenvalue weighted by molar-refractivity contribution is 8.02. The van der Waals surface area contributed by atoms with Gasteiger partial charge in [0, 0.05) is 0 Å². The van der Waals surface area contributed by atoms with Crippen molar-refractivity contribution in [2.24, 2.45) is 5.73 Å². The number of aliphatic carboxylic acids is 2. The van der Waals surface area contributed by atoms with Crippen molar-refractivity contribution >= 4 is 29.6 Å². The van der Waals surface area contributed by atoms with Crippen LogP contribution in [0.4, 0.5) is 0 Å². The van der Waals surface area contributed by atoms with Crippen LogP contribution >= 0.6 is 11.8 Å². The summed E-state index contributed by atoms with van der Waals surface area (Å²) in [7, 11) is 0. The Balaban J connectivity index is 4.52. The molecule has 0 aromatic carbocycles. The number of carbonyl (C=O) groups is 3. The summed E-state index contributed by atoms with van der Waals surface area (Å²) in [6.45, 7) is 1.01. The molecule has 0 aliphatic rings. The molecule has 0 saturated carbocycles. The summed E-state index contributed by atoms with van der Waals surface area (Å²) in [5.74, 6) is -4.11. The molecule has 0 bridgehead atoms. The summed E-state index contributed by atoms with van der Waals surface area (Å²) in [5, 5.41) is 17.1. The Bertz CT molecular complexity index is 237. The van der Waals surface area contributed by atoms with E-state index in [1.165, 1.54) is 0 Å². The average molecular weight is 207 g/mol. The van der Waals surface area contributed by atoms with E-state index in [1.54, 1.807) is 0 Å². The molecule has 0 saturated heterocycles. The predicted molar refractivity (Wildman–Crippen MR) is 45.3 cm³/mol. The van der Waals surface area contributed by atoms with E-state index in [4.69, 9.17) is 15.9 Å². The van der Waals surface area contributed by atoms with E-state index in [9.17, 15) is 14.4 Å². The molecule has 74 valence electrons. The minimum absolute atomic E-state index is 0.338. The van der Waals surface area contributed by atoms with Crippen molar-refractivity contribution in [3.05, 3.63) is 0 Å². The fraction of sp³-hybridized carbons (Fsp3) is 0.500. The zero-order valence-electron chi connectivity index (χ0n) is 6.81. The van der Waals surface area contributed by atoms with Gasteiger partial charge in [0.25, 0.3) is 0 Å². The molecule has 0 unspecified atom stereocenters. The second-order valence-electron chi connectivity index (χ2n) is 2.40. The molecule has 0 rings (SSSR count). The van der Waals surface area contributed by atoms with Crippen LogP contribution in [0.3, 0.4) is 0 Å². The van der Waals surface area contributed by atoms with E-state index in [0.29, 0.717) is 11.8 Å². The Morgan fingerprint density at radius 2 is 1.69 bits per heavy atom. The Morgan fingerprint density at radius 1 is 1.31 bits per heavy atom. The minimum Gasteiger partial charge on any atom is -0.480 e. The molecular formula is C6H9NO5S. The van der Waals surface area contributed by atoms with Gasteiger partial charge in [0.05, 0.1) is 5.75 Å². The molecule has 0 spiro atoms. The van der Waals surface area contributed by atoms with Crippen LogP contribution in [-0.4, -0.2) is 38.6 Å². The third-order valence-electron chi connectivity index (χ3n) is 1.32. The second-order valence-corrected chi connectivity index (χ2v) is 3.79. The summed E-state index contributed by atoms with van der Waals surface area (Å²) in [5.41, 5.74) is 4.75. The molecule has 0 heterocycles. The van der Waals surface area contributed by atoms with Gasteiger partial charge in [0.1, 0.15) is 0 Å².